The van der Waals surface area contributed by atoms with Crippen molar-refractivity contribution in [2.45, 2.75) is 18.6 Å². The number of hydrogen-bond donors (Lipinski definition) is 2. The largest absolute Gasteiger partial charge is 0.329 e. The number of anilines is 1. The lowest BCUT2D eigenvalue weighted by Gasteiger charge is -2.07. The molecule has 21 heavy (non-hydrogen) atoms. The zero-order valence-electron chi connectivity index (χ0n) is 11.4. The fourth-order valence-corrected chi connectivity index (χ4v) is 2.59. The molecule has 1 aromatic carbocycles. The standard InChI is InChI=1S/C12H15ClN6OS/c1-8-2-3-10(9(13)6-8)15-11(20)7-21-12-16-17-18-19(12)5-4-14/h2-3,6H,4-5,7,14H2,1H3,(H,15,20). The molecule has 0 atom stereocenters. The van der Waals surface area contributed by atoms with Gasteiger partial charge >= 0.3 is 0 Å². The van der Waals surface area contributed by atoms with Crippen LogP contribution in [0, 0.1) is 6.92 Å². The SMILES string of the molecule is Cc1ccc(NC(=O)CSc2nnnn2CCN)c(Cl)c1. The second-order valence-electron chi connectivity index (χ2n) is 4.29. The van der Waals surface area contributed by atoms with E-state index in [9.17, 15) is 4.79 Å². The first-order chi connectivity index (χ1) is 10.1. The van der Waals surface area contributed by atoms with E-state index in [0.717, 1.165) is 5.56 Å². The molecule has 1 amide bonds. The van der Waals surface area contributed by atoms with Gasteiger partial charge in [0.15, 0.2) is 0 Å². The number of aromatic nitrogens is 4. The fraction of sp³-hybridized carbons (Fsp3) is 0.333. The number of tetrazole rings is 1. The molecule has 112 valence electrons. The second-order valence-corrected chi connectivity index (χ2v) is 5.64. The molecule has 0 saturated carbocycles. The van der Waals surface area contributed by atoms with Crippen molar-refractivity contribution in [2.24, 2.45) is 5.73 Å². The number of benzene rings is 1. The molecule has 0 aliphatic heterocycles. The van der Waals surface area contributed by atoms with Crippen molar-refractivity contribution in [1.82, 2.24) is 20.2 Å². The molecule has 0 unspecified atom stereocenters. The summed E-state index contributed by atoms with van der Waals surface area (Å²) in [4.78, 5) is 11.9. The maximum Gasteiger partial charge on any atom is 0.234 e. The van der Waals surface area contributed by atoms with Gasteiger partial charge in [-0.3, -0.25) is 4.79 Å². The van der Waals surface area contributed by atoms with E-state index >= 15 is 0 Å². The number of nitrogens with zero attached hydrogens (tertiary/aromatic N) is 4. The van der Waals surface area contributed by atoms with E-state index in [4.69, 9.17) is 17.3 Å². The number of nitrogens with two attached hydrogens (primary N) is 1. The summed E-state index contributed by atoms with van der Waals surface area (Å²) in [5.41, 5.74) is 7.08. The van der Waals surface area contributed by atoms with E-state index in [1.165, 1.54) is 11.8 Å². The summed E-state index contributed by atoms with van der Waals surface area (Å²) in [7, 11) is 0. The molecule has 2 rings (SSSR count). The predicted octanol–water partition coefficient (Wildman–Crippen LogP) is 1.32. The van der Waals surface area contributed by atoms with Crippen LogP contribution in [-0.2, 0) is 11.3 Å². The normalized spacial score (nSPS) is 10.6. The topological polar surface area (TPSA) is 98.7 Å². The summed E-state index contributed by atoms with van der Waals surface area (Å²) >= 11 is 7.31. The Balaban J connectivity index is 1.91. The molecule has 3 N–H and O–H groups in total. The summed E-state index contributed by atoms with van der Waals surface area (Å²) in [6, 6.07) is 5.46. The average molecular weight is 327 g/mol. The van der Waals surface area contributed by atoms with Crippen LogP contribution < -0.4 is 11.1 Å². The number of thioether (sulfide) groups is 1. The van der Waals surface area contributed by atoms with Crippen LogP contribution in [0.2, 0.25) is 5.02 Å². The molecule has 2 aromatic rings. The van der Waals surface area contributed by atoms with Crippen LogP contribution in [0.5, 0.6) is 0 Å². The highest BCUT2D eigenvalue weighted by Crippen LogP contribution is 2.23. The first-order valence-corrected chi connectivity index (χ1v) is 7.61. The average Bonchev–Trinajstić information content (AvgIpc) is 2.88. The Hall–Kier alpha value is -1.64. The van der Waals surface area contributed by atoms with E-state index in [0.29, 0.717) is 29.0 Å². The van der Waals surface area contributed by atoms with Crippen LogP contribution in [0.4, 0.5) is 5.69 Å². The molecule has 1 aromatic heterocycles. The monoisotopic (exact) mass is 326 g/mol. The second kappa shape index (κ2) is 7.39. The first-order valence-electron chi connectivity index (χ1n) is 6.25. The van der Waals surface area contributed by atoms with Gasteiger partial charge in [0.1, 0.15) is 0 Å². The number of rotatable bonds is 6. The lowest BCUT2D eigenvalue weighted by atomic mass is 10.2. The number of hydrogen-bond acceptors (Lipinski definition) is 6. The van der Waals surface area contributed by atoms with Crippen LogP contribution in [0.1, 0.15) is 5.56 Å². The van der Waals surface area contributed by atoms with Crippen molar-refractivity contribution in [1.29, 1.82) is 0 Å². The van der Waals surface area contributed by atoms with Crippen LogP contribution in [-0.4, -0.2) is 38.4 Å². The number of amides is 1. The third-order valence-electron chi connectivity index (χ3n) is 2.57. The Bertz CT molecular complexity index is 632. The van der Waals surface area contributed by atoms with Gasteiger partial charge < -0.3 is 11.1 Å². The molecule has 0 aliphatic carbocycles. The van der Waals surface area contributed by atoms with E-state index in [-0.39, 0.29) is 11.7 Å². The smallest absolute Gasteiger partial charge is 0.234 e. The zero-order valence-corrected chi connectivity index (χ0v) is 13.0. The first kappa shape index (κ1) is 15.7. The van der Waals surface area contributed by atoms with Crippen molar-refractivity contribution >= 4 is 35.0 Å². The van der Waals surface area contributed by atoms with Gasteiger partial charge in [0.2, 0.25) is 11.1 Å². The third kappa shape index (κ3) is 4.42. The highest BCUT2D eigenvalue weighted by atomic mass is 35.5. The van der Waals surface area contributed by atoms with E-state index < -0.39 is 0 Å². The minimum Gasteiger partial charge on any atom is -0.329 e. The van der Waals surface area contributed by atoms with Gasteiger partial charge in [-0.25, -0.2) is 4.68 Å². The Morgan fingerprint density at radius 2 is 2.33 bits per heavy atom. The summed E-state index contributed by atoms with van der Waals surface area (Å²) < 4.78 is 1.57. The summed E-state index contributed by atoms with van der Waals surface area (Å²) in [6.45, 7) is 2.88. The fourth-order valence-electron chi connectivity index (χ4n) is 1.60. The highest BCUT2D eigenvalue weighted by molar-refractivity contribution is 7.99. The number of carbonyl (C=O) groups excluding carboxylic acids is 1. The van der Waals surface area contributed by atoms with Gasteiger partial charge in [-0.15, -0.1) is 5.10 Å². The summed E-state index contributed by atoms with van der Waals surface area (Å²) in [5, 5.41) is 15.0. The third-order valence-corrected chi connectivity index (χ3v) is 3.84. The molecule has 0 spiro atoms. The van der Waals surface area contributed by atoms with Gasteiger partial charge in [-0.2, -0.15) is 0 Å². The quantitative estimate of drug-likeness (QED) is 0.777. The number of nitrogens with one attached hydrogen (secondary N) is 1. The van der Waals surface area contributed by atoms with Gasteiger partial charge in [-0.05, 0) is 35.0 Å². The molecule has 0 radical (unpaired) electrons. The Morgan fingerprint density at radius 1 is 1.52 bits per heavy atom. The molecule has 0 fully saturated rings. The molecule has 1 heterocycles. The van der Waals surface area contributed by atoms with Crippen molar-refractivity contribution in [3.63, 3.8) is 0 Å². The predicted molar refractivity (Wildman–Crippen MR) is 82.4 cm³/mol. The van der Waals surface area contributed by atoms with Crippen molar-refractivity contribution in [3.8, 4) is 0 Å². The van der Waals surface area contributed by atoms with Crippen molar-refractivity contribution in [3.05, 3.63) is 28.8 Å². The Morgan fingerprint density at radius 3 is 3.05 bits per heavy atom. The number of carbonyl (C=O) groups is 1. The molecule has 7 nitrogen and oxygen atoms in total. The molecular weight excluding hydrogens is 312 g/mol. The van der Waals surface area contributed by atoms with E-state index in [1.54, 1.807) is 16.8 Å². The van der Waals surface area contributed by atoms with Crippen LogP contribution in [0.3, 0.4) is 0 Å². The van der Waals surface area contributed by atoms with Gasteiger partial charge in [0.05, 0.1) is 23.0 Å². The van der Waals surface area contributed by atoms with Crippen LogP contribution in [0.15, 0.2) is 23.4 Å². The van der Waals surface area contributed by atoms with Crippen molar-refractivity contribution in [2.75, 3.05) is 17.6 Å². The number of halogens is 1. The minimum atomic E-state index is -0.173. The Kier molecular flexibility index (Phi) is 5.54. The molecule has 0 aliphatic rings. The maximum atomic E-state index is 11.9. The van der Waals surface area contributed by atoms with Gasteiger partial charge in [-0.1, -0.05) is 29.4 Å². The summed E-state index contributed by atoms with van der Waals surface area (Å²) in [5.74, 6) is 0.0165. The minimum absolute atomic E-state index is 0.173. The van der Waals surface area contributed by atoms with Crippen LogP contribution >= 0.6 is 23.4 Å². The van der Waals surface area contributed by atoms with E-state index in [2.05, 4.69) is 20.8 Å². The highest BCUT2D eigenvalue weighted by Gasteiger charge is 2.11. The van der Waals surface area contributed by atoms with E-state index in [1.807, 2.05) is 13.0 Å². The number of aryl methyl sites for hydroxylation is 1. The van der Waals surface area contributed by atoms with Crippen LogP contribution in [0.25, 0.3) is 0 Å². The Labute approximate surface area is 131 Å². The lowest BCUT2D eigenvalue weighted by molar-refractivity contribution is -0.113. The maximum absolute atomic E-state index is 11.9. The molecular formula is C12H15ClN6OS. The zero-order chi connectivity index (χ0) is 15.2. The molecule has 9 heteroatoms. The lowest BCUT2D eigenvalue weighted by Crippen LogP contribution is -2.16. The van der Waals surface area contributed by atoms with Gasteiger partial charge in [0.25, 0.3) is 0 Å². The summed E-state index contributed by atoms with van der Waals surface area (Å²) in [6.07, 6.45) is 0. The molecule has 0 saturated heterocycles. The molecule has 0 bridgehead atoms. The van der Waals surface area contributed by atoms with Crippen molar-refractivity contribution < 1.29 is 4.79 Å². The van der Waals surface area contributed by atoms with Gasteiger partial charge in [0, 0.05) is 6.54 Å².